The Kier molecular flexibility index (Phi) is 5.41. The molecule has 0 aliphatic carbocycles. The molecule has 0 aliphatic heterocycles. The standard InChI is InChI=1S/C20H17N5OS2/c1-13-22-17(12-27-13)14-5-4-6-15(9-14)23-19(26)10-16-11-28-20(24-16)25-18-7-2-3-8-21-18/h2-9,11-12H,10H2,1H3,(H,23,26)(H,21,24,25). The van der Waals surface area contributed by atoms with E-state index >= 15 is 0 Å². The highest BCUT2D eigenvalue weighted by atomic mass is 32.1. The fourth-order valence-electron chi connectivity index (χ4n) is 2.61. The number of carbonyl (C=O) groups is 1. The number of benzene rings is 1. The van der Waals surface area contributed by atoms with Gasteiger partial charge in [0.25, 0.3) is 0 Å². The Hall–Kier alpha value is -3.10. The summed E-state index contributed by atoms with van der Waals surface area (Å²) in [4.78, 5) is 25.6. The van der Waals surface area contributed by atoms with E-state index in [2.05, 4.69) is 25.6 Å². The molecule has 0 unspecified atom stereocenters. The maximum atomic E-state index is 12.4. The molecule has 2 N–H and O–H groups in total. The summed E-state index contributed by atoms with van der Waals surface area (Å²) in [5.41, 5.74) is 3.36. The van der Waals surface area contributed by atoms with Crippen molar-refractivity contribution in [3.05, 3.63) is 70.1 Å². The van der Waals surface area contributed by atoms with Crippen molar-refractivity contribution in [3.63, 3.8) is 0 Å². The quantitative estimate of drug-likeness (QED) is 0.475. The van der Waals surface area contributed by atoms with E-state index in [1.807, 2.05) is 60.1 Å². The Morgan fingerprint density at radius 1 is 1.07 bits per heavy atom. The second-order valence-corrected chi connectivity index (χ2v) is 7.96. The molecule has 140 valence electrons. The Labute approximate surface area is 170 Å². The molecule has 0 bridgehead atoms. The van der Waals surface area contributed by atoms with Gasteiger partial charge in [-0.25, -0.2) is 15.0 Å². The van der Waals surface area contributed by atoms with Crippen molar-refractivity contribution in [2.75, 3.05) is 10.6 Å². The molecule has 0 atom stereocenters. The highest BCUT2D eigenvalue weighted by Gasteiger charge is 2.10. The van der Waals surface area contributed by atoms with Gasteiger partial charge in [-0.15, -0.1) is 22.7 Å². The number of pyridine rings is 1. The topological polar surface area (TPSA) is 79.8 Å². The molecule has 0 aliphatic rings. The summed E-state index contributed by atoms with van der Waals surface area (Å²) in [6.45, 7) is 1.98. The molecule has 3 heterocycles. The predicted molar refractivity (Wildman–Crippen MR) is 114 cm³/mol. The summed E-state index contributed by atoms with van der Waals surface area (Å²) >= 11 is 3.05. The largest absolute Gasteiger partial charge is 0.326 e. The summed E-state index contributed by atoms with van der Waals surface area (Å²) in [6.07, 6.45) is 1.92. The lowest BCUT2D eigenvalue weighted by molar-refractivity contribution is -0.115. The molecule has 4 aromatic rings. The zero-order valence-electron chi connectivity index (χ0n) is 15.0. The van der Waals surface area contributed by atoms with Crippen LogP contribution in [-0.4, -0.2) is 20.9 Å². The van der Waals surface area contributed by atoms with Crippen LogP contribution in [0.25, 0.3) is 11.3 Å². The van der Waals surface area contributed by atoms with E-state index in [1.165, 1.54) is 11.3 Å². The van der Waals surface area contributed by atoms with E-state index in [-0.39, 0.29) is 12.3 Å². The van der Waals surface area contributed by atoms with Crippen LogP contribution < -0.4 is 10.6 Å². The third-order valence-corrected chi connectivity index (χ3v) is 5.43. The smallest absolute Gasteiger partial charge is 0.230 e. The van der Waals surface area contributed by atoms with Crippen LogP contribution in [0.1, 0.15) is 10.7 Å². The maximum absolute atomic E-state index is 12.4. The number of anilines is 3. The molecule has 0 spiro atoms. The van der Waals surface area contributed by atoms with Crippen LogP contribution in [0, 0.1) is 6.92 Å². The second-order valence-electron chi connectivity index (χ2n) is 6.04. The average molecular weight is 408 g/mol. The molecule has 4 rings (SSSR count). The van der Waals surface area contributed by atoms with Gasteiger partial charge in [-0.1, -0.05) is 18.2 Å². The SMILES string of the molecule is Cc1nc(-c2cccc(NC(=O)Cc3csc(Nc4ccccn4)n3)c2)cs1. The highest BCUT2D eigenvalue weighted by Crippen LogP contribution is 2.24. The number of aromatic nitrogens is 3. The number of nitrogens with zero attached hydrogens (tertiary/aromatic N) is 3. The number of amides is 1. The zero-order valence-corrected chi connectivity index (χ0v) is 16.7. The summed E-state index contributed by atoms with van der Waals surface area (Å²) in [7, 11) is 0. The third-order valence-electron chi connectivity index (χ3n) is 3.85. The molecule has 6 nitrogen and oxygen atoms in total. The molecule has 1 amide bonds. The van der Waals surface area contributed by atoms with Gasteiger partial charge >= 0.3 is 0 Å². The number of nitrogens with one attached hydrogen (secondary N) is 2. The first-order valence-electron chi connectivity index (χ1n) is 8.60. The lowest BCUT2D eigenvalue weighted by atomic mass is 10.1. The van der Waals surface area contributed by atoms with E-state index in [4.69, 9.17) is 0 Å². The van der Waals surface area contributed by atoms with Crippen LogP contribution in [0.15, 0.2) is 59.4 Å². The van der Waals surface area contributed by atoms with Crippen molar-refractivity contribution in [1.82, 2.24) is 15.0 Å². The van der Waals surface area contributed by atoms with Crippen LogP contribution in [-0.2, 0) is 11.2 Å². The van der Waals surface area contributed by atoms with Crippen LogP contribution in [0.2, 0.25) is 0 Å². The average Bonchev–Trinajstić information content (AvgIpc) is 3.32. The van der Waals surface area contributed by atoms with Crippen LogP contribution in [0.3, 0.4) is 0 Å². The molecule has 8 heteroatoms. The second kappa shape index (κ2) is 8.28. The summed E-state index contributed by atoms with van der Waals surface area (Å²) in [5, 5.41) is 11.7. The Bertz CT molecular complexity index is 1090. The minimum Gasteiger partial charge on any atom is -0.326 e. The fraction of sp³-hybridized carbons (Fsp3) is 0.100. The van der Waals surface area contributed by atoms with Crippen molar-refractivity contribution in [2.45, 2.75) is 13.3 Å². The normalized spacial score (nSPS) is 10.6. The van der Waals surface area contributed by atoms with Crippen molar-refractivity contribution in [3.8, 4) is 11.3 Å². The Balaban J connectivity index is 1.38. The van der Waals surface area contributed by atoms with Crippen LogP contribution >= 0.6 is 22.7 Å². The Morgan fingerprint density at radius 3 is 2.79 bits per heavy atom. The van der Waals surface area contributed by atoms with Crippen molar-refractivity contribution < 1.29 is 4.79 Å². The predicted octanol–water partition coefficient (Wildman–Crippen LogP) is 4.89. The lowest BCUT2D eigenvalue weighted by Crippen LogP contribution is -2.14. The number of thiazole rings is 2. The molecular weight excluding hydrogens is 390 g/mol. The summed E-state index contributed by atoms with van der Waals surface area (Å²) in [5.74, 6) is 0.614. The first-order valence-corrected chi connectivity index (χ1v) is 10.4. The van der Waals surface area contributed by atoms with Gasteiger partial charge in [0.2, 0.25) is 5.91 Å². The lowest BCUT2D eigenvalue weighted by Gasteiger charge is -2.06. The highest BCUT2D eigenvalue weighted by molar-refractivity contribution is 7.13. The van der Waals surface area contributed by atoms with E-state index in [0.29, 0.717) is 10.8 Å². The monoisotopic (exact) mass is 407 g/mol. The molecule has 0 saturated carbocycles. The molecule has 0 radical (unpaired) electrons. The fourth-order valence-corrected chi connectivity index (χ4v) is 3.95. The van der Waals surface area contributed by atoms with Crippen molar-refractivity contribution in [2.24, 2.45) is 0 Å². The van der Waals surface area contributed by atoms with Crippen molar-refractivity contribution in [1.29, 1.82) is 0 Å². The minimum absolute atomic E-state index is 0.110. The van der Waals surface area contributed by atoms with Gasteiger partial charge < -0.3 is 10.6 Å². The van der Waals surface area contributed by atoms with Gasteiger partial charge in [-0.3, -0.25) is 4.79 Å². The van der Waals surface area contributed by atoms with Gasteiger partial charge in [0.1, 0.15) is 5.82 Å². The molecule has 0 saturated heterocycles. The molecular formula is C20H17N5OS2. The first-order chi connectivity index (χ1) is 13.7. The van der Waals surface area contributed by atoms with E-state index < -0.39 is 0 Å². The summed E-state index contributed by atoms with van der Waals surface area (Å²) < 4.78 is 0. The summed E-state index contributed by atoms with van der Waals surface area (Å²) in [6, 6.07) is 13.3. The van der Waals surface area contributed by atoms with E-state index in [1.54, 1.807) is 17.5 Å². The van der Waals surface area contributed by atoms with E-state index in [9.17, 15) is 4.79 Å². The van der Waals surface area contributed by atoms with Gasteiger partial charge in [-0.05, 0) is 31.2 Å². The van der Waals surface area contributed by atoms with Gasteiger partial charge in [0.15, 0.2) is 5.13 Å². The maximum Gasteiger partial charge on any atom is 0.230 e. The number of hydrogen-bond acceptors (Lipinski definition) is 7. The number of hydrogen-bond donors (Lipinski definition) is 2. The van der Waals surface area contributed by atoms with Crippen molar-refractivity contribution >= 4 is 45.2 Å². The molecule has 0 fully saturated rings. The Morgan fingerprint density at radius 2 is 2.00 bits per heavy atom. The molecule has 28 heavy (non-hydrogen) atoms. The van der Waals surface area contributed by atoms with Crippen LogP contribution in [0.5, 0.6) is 0 Å². The van der Waals surface area contributed by atoms with Crippen LogP contribution in [0.4, 0.5) is 16.6 Å². The number of rotatable bonds is 6. The first kappa shape index (κ1) is 18.3. The number of carbonyl (C=O) groups excluding carboxylic acids is 1. The van der Waals surface area contributed by atoms with Gasteiger partial charge in [-0.2, -0.15) is 0 Å². The number of aryl methyl sites for hydroxylation is 1. The zero-order chi connectivity index (χ0) is 19.3. The van der Waals surface area contributed by atoms with Gasteiger partial charge in [0, 0.05) is 28.2 Å². The minimum atomic E-state index is -0.110. The van der Waals surface area contributed by atoms with E-state index in [0.717, 1.165) is 27.8 Å². The third kappa shape index (κ3) is 4.59. The van der Waals surface area contributed by atoms with Gasteiger partial charge in [0.05, 0.1) is 22.8 Å². The molecule has 1 aromatic carbocycles. The molecule has 3 aromatic heterocycles.